The summed E-state index contributed by atoms with van der Waals surface area (Å²) in [5.41, 5.74) is 5.59. The highest BCUT2D eigenvalue weighted by Crippen LogP contribution is 2.29. The van der Waals surface area contributed by atoms with Gasteiger partial charge >= 0.3 is 0 Å². The van der Waals surface area contributed by atoms with Gasteiger partial charge in [0.1, 0.15) is 27.5 Å². The Balaban J connectivity index is 1.79. The lowest BCUT2D eigenvalue weighted by atomic mass is 10.1. The Bertz CT molecular complexity index is 907. The zero-order chi connectivity index (χ0) is 16.9. The molecular weight excluding hydrogens is 347 g/mol. The highest BCUT2D eigenvalue weighted by molar-refractivity contribution is 7.98. The number of hydrogen-bond acceptors (Lipinski definition) is 7. The Kier molecular flexibility index (Phi) is 4.88. The molecule has 0 unspecified atom stereocenters. The van der Waals surface area contributed by atoms with Crippen molar-refractivity contribution in [3.63, 3.8) is 0 Å². The van der Waals surface area contributed by atoms with Gasteiger partial charge in [0.05, 0.1) is 18.1 Å². The van der Waals surface area contributed by atoms with Crippen LogP contribution >= 0.6 is 23.3 Å². The predicted molar refractivity (Wildman–Crippen MR) is 93.8 cm³/mol. The summed E-state index contributed by atoms with van der Waals surface area (Å²) in [5, 5.41) is 21.5. The van der Waals surface area contributed by atoms with E-state index in [2.05, 4.69) is 31.2 Å². The number of benzene rings is 1. The Morgan fingerprint density at radius 1 is 1.42 bits per heavy atom. The molecule has 6 nitrogen and oxygen atoms in total. The molecule has 0 spiro atoms. The number of rotatable bonds is 5. The van der Waals surface area contributed by atoms with E-state index in [1.54, 1.807) is 24.5 Å². The standard InChI is InChI=1S/C15H11FN6S2/c1-23-15-12(6-17)14(24-22-15)21-19-8-10-7-18-20-13(10)9-2-4-11(16)5-3-9/h2-5,7-8,21H,1H3,(H,18,20). The van der Waals surface area contributed by atoms with Gasteiger partial charge in [-0.05, 0) is 42.1 Å². The van der Waals surface area contributed by atoms with E-state index in [0.29, 0.717) is 15.6 Å². The number of halogens is 1. The molecule has 0 aliphatic carbocycles. The zero-order valence-corrected chi connectivity index (χ0v) is 14.1. The molecule has 0 radical (unpaired) electrons. The second-order valence-corrected chi connectivity index (χ2v) is 6.15. The fourth-order valence-corrected chi connectivity index (χ4v) is 3.41. The summed E-state index contributed by atoms with van der Waals surface area (Å²) in [6, 6.07) is 8.21. The molecule has 3 rings (SSSR count). The van der Waals surface area contributed by atoms with E-state index in [-0.39, 0.29) is 5.82 Å². The minimum Gasteiger partial charge on any atom is -0.277 e. The Hall–Kier alpha value is -2.70. The first kappa shape index (κ1) is 16.2. The highest BCUT2D eigenvalue weighted by Gasteiger charge is 2.12. The summed E-state index contributed by atoms with van der Waals surface area (Å²) in [4.78, 5) is 0. The number of aromatic nitrogens is 3. The molecule has 2 N–H and O–H groups in total. The summed E-state index contributed by atoms with van der Waals surface area (Å²) < 4.78 is 17.2. The first-order valence-electron chi connectivity index (χ1n) is 6.75. The van der Waals surface area contributed by atoms with Crippen LogP contribution in [0.4, 0.5) is 9.39 Å². The normalized spacial score (nSPS) is 10.9. The van der Waals surface area contributed by atoms with Crippen LogP contribution in [0.25, 0.3) is 11.3 Å². The van der Waals surface area contributed by atoms with E-state index in [1.165, 1.54) is 35.4 Å². The summed E-state index contributed by atoms with van der Waals surface area (Å²) in [6.07, 6.45) is 5.07. The number of hydrazone groups is 1. The first-order valence-corrected chi connectivity index (χ1v) is 8.75. The number of thioether (sulfide) groups is 1. The summed E-state index contributed by atoms with van der Waals surface area (Å²) in [6.45, 7) is 0. The molecule has 0 amide bonds. The molecule has 0 aliphatic rings. The van der Waals surface area contributed by atoms with Gasteiger partial charge in [0.15, 0.2) is 0 Å². The molecule has 1 aromatic carbocycles. The van der Waals surface area contributed by atoms with Crippen molar-refractivity contribution in [3.05, 3.63) is 47.4 Å². The van der Waals surface area contributed by atoms with E-state index in [9.17, 15) is 9.65 Å². The van der Waals surface area contributed by atoms with Crippen LogP contribution in [0.3, 0.4) is 0 Å². The molecule has 2 heterocycles. The largest absolute Gasteiger partial charge is 0.277 e. The van der Waals surface area contributed by atoms with Crippen molar-refractivity contribution in [2.75, 3.05) is 11.7 Å². The zero-order valence-electron chi connectivity index (χ0n) is 12.4. The number of H-pyrrole nitrogens is 1. The monoisotopic (exact) mass is 358 g/mol. The van der Waals surface area contributed by atoms with Gasteiger partial charge in [-0.1, -0.05) is 0 Å². The van der Waals surface area contributed by atoms with Crippen molar-refractivity contribution in [3.8, 4) is 17.3 Å². The summed E-state index contributed by atoms with van der Waals surface area (Å²) in [5.74, 6) is -0.297. The molecule has 0 bridgehead atoms. The number of aromatic amines is 1. The number of nitrogens with zero attached hydrogens (tertiary/aromatic N) is 4. The van der Waals surface area contributed by atoms with Gasteiger partial charge in [0, 0.05) is 11.1 Å². The van der Waals surface area contributed by atoms with Gasteiger partial charge < -0.3 is 0 Å². The molecule has 24 heavy (non-hydrogen) atoms. The van der Waals surface area contributed by atoms with Crippen LogP contribution in [-0.2, 0) is 0 Å². The molecule has 9 heteroatoms. The number of nitrogens with one attached hydrogen (secondary N) is 2. The van der Waals surface area contributed by atoms with E-state index < -0.39 is 0 Å². The average molecular weight is 358 g/mol. The van der Waals surface area contributed by atoms with Crippen LogP contribution in [0.5, 0.6) is 0 Å². The van der Waals surface area contributed by atoms with Crippen LogP contribution in [0.15, 0.2) is 40.6 Å². The van der Waals surface area contributed by atoms with Crippen molar-refractivity contribution >= 4 is 34.5 Å². The minimum absolute atomic E-state index is 0.297. The quantitative estimate of drug-likeness (QED) is 0.412. The van der Waals surface area contributed by atoms with Crippen molar-refractivity contribution in [2.24, 2.45) is 5.10 Å². The second-order valence-electron chi connectivity index (χ2n) is 4.59. The number of nitriles is 1. The van der Waals surface area contributed by atoms with Gasteiger partial charge in [-0.25, -0.2) is 4.39 Å². The fraction of sp³-hybridized carbons (Fsp3) is 0.0667. The molecule has 0 atom stereocenters. The van der Waals surface area contributed by atoms with Crippen molar-refractivity contribution < 1.29 is 4.39 Å². The molecular formula is C15H11FN6S2. The Labute approximate surface area is 145 Å². The lowest BCUT2D eigenvalue weighted by Gasteiger charge is -2.00. The lowest BCUT2D eigenvalue weighted by molar-refractivity contribution is 0.628. The SMILES string of the molecule is CSc1nsc(NN=Cc2cn[nH]c2-c2ccc(F)cc2)c1C#N. The van der Waals surface area contributed by atoms with Gasteiger partial charge in [0.25, 0.3) is 0 Å². The fourth-order valence-electron chi connectivity index (χ4n) is 1.99. The lowest BCUT2D eigenvalue weighted by Crippen LogP contribution is -1.91. The Morgan fingerprint density at radius 3 is 2.92 bits per heavy atom. The van der Waals surface area contributed by atoms with Gasteiger partial charge in [-0.2, -0.15) is 19.8 Å². The molecule has 120 valence electrons. The maximum Gasteiger partial charge on any atom is 0.148 e. The molecule has 3 aromatic rings. The van der Waals surface area contributed by atoms with E-state index in [1.807, 2.05) is 6.26 Å². The molecule has 0 saturated carbocycles. The third-order valence-corrected chi connectivity index (χ3v) is 4.69. The molecule has 0 saturated heterocycles. The average Bonchev–Trinajstić information content (AvgIpc) is 3.22. The van der Waals surface area contributed by atoms with E-state index in [0.717, 1.165) is 16.8 Å². The topological polar surface area (TPSA) is 89.8 Å². The van der Waals surface area contributed by atoms with Gasteiger partial charge in [0.2, 0.25) is 0 Å². The van der Waals surface area contributed by atoms with Crippen molar-refractivity contribution in [2.45, 2.75) is 5.03 Å². The molecule has 0 fully saturated rings. The van der Waals surface area contributed by atoms with Crippen LogP contribution in [0, 0.1) is 17.1 Å². The van der Waals surface area contributed by atoms with Crippen LogP contribution in [0.2, 0.25) is 0 Å². The molecule has 2 aromatic heterocycles. The van der Waals surface area contributed by atoms with E-state index >= 15 is 0 Å². The maximum atomic E-state index is 13.0. The highest BCUT2D eigenvalue weighted by atomic mass is 32.2. The van der Waals surface area contributed by atoms with Crippen LogP contribution in [0.1, 0.15) is 11.1 Å². The van der Waals surface area contributed by atoms with Crippen molar-refractivity contribution in [1.82, 2.24) is 14.6 Å². The second kappa shape index (κ2) is 7.25. The van der Waals surface area contributed by atoms with Crippen LogP contribution in [-0.4, -0.2) is 27.0 Å². The van der Waals surface area contributed by atoms with E-state index in [4.69, 9.17) is 0 Å². The van der Waals surface area contributed by atoms with Crippen molar-refractivity contribution in [1.29, 1.82) is 5.26 Å². The van der Waals surface area contributed by atoms with Gasteiger partial charge in [-0.3, -0.25) is 10.5 Å². The van der Waals surface area contributed by atoms with Gasteiger partial charge in [-0.15, -0.1) is 11.8 Å². The summed E-state index contributed by atoms with van der Waals surface area (Å²) in [7, 11) is 0. The third-order valence-electron chi connectivity index (χ3n) is 3.14. The smallest absolute Gasteiger partial charge is 0.148 e. The minimum atomic E-state index is -0.297. The molecule has 0 aliphatic heterocycles. The third kappa shape index (κ3) is 3.29. The Morgan fingerprint density at radius 2 is 2.21 bits per heavy atom. The predicted octanol–water partition coefficient (Wildman–Crippen LogP) is 3.71. The van der Waals surface area contributed by atoms with Crippen LogP contribution < -0.4 is 5.43 Å². The maximum absolute atomic E-state index is 13.0. The number of hydrogen-bond donors (Lipinski definition) is 2. The first-order chi connectivity index (χ1) is 11.7. The summed E-state index contributed by atoms with van der Waals surface area (Å²) >= 11 is 2.59. The number of anilines is 1.